The maximum atomic E-state index is 4.99. The summed E-state index contributed by atoms with van der Waals surface area (Å²) in [5, 5.41) is 10.9. The molecule has 0 saturated carbocycles. The number of hydrogen-bond donors (Lipinski definition) is 1. The SMILES string of the molecule is [Cl][Hg][Cl].c1cc2cccc3c4cccc5cccc(c(c1)c23)c54.c1ccc2[nH]cnc2c1. The first kappa shape index (κ1) is 21.5. The molecule has 2 nitrogen and oxygen atoms in total. The fourth-order valence-corrected chi connectivity index (χ4v) is 4.46. The van der Waals surface area contributed by atoms with E-state index in [1.165, 1.54) is 43.1 Å². The standard InChI is InChI=1S/C20H12.C7H6N2.2ClH.Hg/c1-5-13-6-2-11-17-18-12-4-8-14-7-3-10-16(20(14)18)15(9-1)19(13)17;1-2-4-7-6(3-1)8-5-9-7;;;/h1-12H;1-5H,(H,8,9);2*1H;/q;;;;+2/p-2. The molecule has 0 aliphatic rings. The molecule has 0 aliphatic carbocycles. The van der Waals surface area contributed by atoms with Gasteiger partial charge in [0.05, 0.1) is 17.4 Å². The van der Waals surface area contributed by atoms with Crippen LogP contribution in [0.25, 0.3) is 54.1 Å². The molecule has 152 valence electrons. The van der Waals surface area contributed by atoms with Crippen LogP contribution in [0.15, 0.2) is 103 Å². The fourth-order valence-electron chi connectivity index (χ4n) is 4.46. The number of aromatic amines is 1. The minimum absolute atomic E-state index is 1.03. The van der Waals surface area contributed by atoms with Crippen molar-refractivity contribution in [1.29, 1.82) is 0 Å². The minimum atomic E-state index is -1.14. The van der Waals surface area contributed by atoms with E-state index < -0.39 is 22.1 Å². The maximum Gasteiger partial charge on any atom is 0.0931 e. The van der Waals surface area contributed by atoms with E-state index in [4.69, 9.17) is 16.5 Å². The molecule has 32 heavy (non-hydrogen) atoms. The number of imidazole rings is 1. The normalized spacial score (nSPS) is 10.7. The van der Waals surface area contributed by atoms with Crippen LogP contribution in [0.2, 0.25) is 0 Å². The Labute approximate surface area is 204 Å². The van der Waals surface area contributed by atoms with E-state index in [1.54, 1.807) is 6.33 Å². The molecule has 0 atom stereocenters. The maximum absolute atomic E-state index is 4.99. The van der Waals surface area contributed by atoms with Crippen molar-refractivity contribution in [2.45, 2.75) is 0 Å². The van der Waals surface area contributed by atoms with Crippen molar-refractivity contribution in [1.82, 2.24) is 9.97 Å². The number of H-pyrrole nitrogens is 1. The van der Waals surface area contributed by atoms with E-state index in [-0.39, 0.29) is 0 Å². The number of rotatable bonds is 0. The zero-order chi connectivity index (χ0) is 21.9. The summed E-state index contributed by atoms with van der Waals surface area (Å²) >= 11 is -1.14. The molecule has 0 radical (unpaired) electrons. The molecule has 7 rings (SSSR count). The molecular weight excluding hydrogens is 624 g/mol. The molecule has 6 aromatic carbocycles. The van der Waals surface area contributed by atoms with Gasteiger partial charge in [-0.25, -0.2) is 4.98 Å². The summed E-state index contributed by atoms with van der Waals surface area (Å²) in [6.45, 7) is 0. The number of nitrogens with one attached hydrogen (secondary N) is 1. The summed E-state index contributed by atoms with van der Waals surface area (Å²) in [4.78, 5) is 7.07. The first-order chi connectivity index (χ1) is 15.8. The Kier molecular flexibility index (Phi) is 6.45. The monoisotopic (exact) mass is 642 g/mol. The van der Waals surface area contributed by atoms with Crippen LogP contribution in [-0.2, 0) is 22.1 Å². The van der Waals surface area contributed by atoms with Crippen LogP contribution in [-0.4, -0.2) is 9.97 Å². The second-order valence-corrected chi connectivity index (χ2v) is 15.3. The number of benzene rings is 6. The van der Waals surface area contributed by atoms with Crippen LogP contribution < -0.4 is 0 Å². The summed E-state index contributed by atoms with van der Waals surface area (Å²) in [7, 11) is 9.97. The van der Waals surface area contributed by atoms with E-state index >= 15 is 0 Å². The molecule has 0 bridgehead atoms. The molecule has 5 heteroatoms. The van der Waals surface area contributed by atoms with Gasteiger partial charge < -0.3 is 4.98 Å². The Hall–Kier alpha value is -2.39. The van der Waals surface area contributed by atoms with Crippen molar-refractivity contribution in [2.24, 2.45) is 0 Å². The zero-order valence-corrected chi connectivity index (χ0v) is 24.2. The number of nitrogens with zero attached hydrogens (tertiary/aromatic N) is 1. The third kappa shape index (κ3) is 3.92. The third-order valence-corrected chi connectivity index (χ3v) is 5.72. The summed E-state index contributed by atoms with van der Waals surface area (Å²) in [6.07, 6.45) is 1.70. The van der Waals surface area contributed by atoms with Gasteiger partial charge in [-0.15, -0.1) is 0 Å². The largest absolute Gasteiger partial charge is 0.345 e. The van der Waals surface area contributed by atoms with Crippen LogP contribution in [0.3, 0.4) is 0 Å². The van der Waals surface area contributed by atoms with Crippen LogP contribution in [0.4, 0.5) is 0 Å². The third-order valence-electron chi connectivity index (χ3n) is 5.72. The molecule has 1 heterocycles. The second kappa shape index (κ2) is 9.62. The van der Waals surface area contributed by atoms with E-state index in [0.717, 1.165) is 11.0 Å². The second-order valence-electron chi connectivity index (χ2n) is 7.44. The van der Waals surface area contributed by atoms with Crippen LogP contribution in [0.1, 0.15) is 0 Å². The fraction of sp³-hybridized carbons (Fsp3) is 0. The van der Waals surface area contributed by atoms with E-state index in [0.29, 0.717) is 0 Å². The molecule has 0 fully saturated rings. The van der Waals surface area contributed by atoms with Crippen molar-refractivity contribution in [2.75, 3.05) is 0 Å². The van der Waals surface area contributed by atoms with Crippen molar-refractivity contribution < 1.29 is 22.1 Å². The van der Waals surface area contributed by atoms with Gasteiger partial charge in [0, 0.05) is 0 Å². The van der Waals surface area contributed by atoms with Gasteiger partial charge in [0.1, 0.15) is 0 Å². The van der Waals surface area contributed by atoms with E-state index in [9.17, 15) is 0 Å². The summed E-state index contributed by atoms with van der Waals surface area (Å²) in [6, 6.07) is 34.4. The van der Waals surface area contributed by atoms with Crippen LogP contribution in [0.5, 0.6) is 0 Å². The molecule has 1 aromatic heterocycles. The molecular formula is C27H18Cl2HgN2. The number of hydrogen-bond acceptors (Lipinski definition) is 1. The quantitative estimate of drug-likeness (QED) is 0.100. The van der Waals surface area contributed by atoms with E-state index in [2.05, 4.69) is 82.8 Å². The van der Waals surface area contributed by atoms with Crippen LogP contribution >= 0.6 is 16.5 Å². The number of para-hydroxylation sites is 2. The number of aromatic nitrogens is 2. The van der Waals surface area contributed by atoms with Crippen LogP contribution in [0, 0.1) is 0 Å². The molecule has 0 spiro atoms. The summed E-state index contributed by atoms with van der Waals surface area (Å²) in [5.74, 6) is 0. The average Bonchev–Trinajstić information content (AvgIpc) is 3.32. The number of fused-ring (bicyclic) bond motifs is 3. The van der Waals surface area contributed by atoms with Gasteiger partial charge in [0.2, 0.25) is 0 Å². The van der Waals surface area contributed by atoms with Crippen molar-refractivity contribution in [3.63, 3.8) is 0 Å². The molecule has 0 aliphatic heterocycles. The smallest absolute Gasteiger partial charge is 0.0931 e. The first-order valence-corrected chi connectivity index (χ1v) is 23.9. The van der Waals surface area contributed by atoms with Gasteiger partial charge in [0.15, 0.2) is 0 Å². The molecule has 0 saturated heterocycles. The Morgan fingerprint density at radius 2 is 1.00 bits per heavy atom. The van der Waals surface area contributed by atoms with Gasteiger partial charge in [-0.05, 0) is 55.2 Å². The predicted octanol–water partition coefficient (Wildman–Crippen LogP) is 8.68. The topological polar surface area (TPSA) is 28.7 Å². The zero-order valence-electron chi connectivity index (χ0n) is 17.2. The first-order valence-electron chi connectivity index (χ1n) is 10.4. The molecule has 0 amide bonds. The predicted molar refractivity (Wildman–Crippen MR) is 135 cm³/mol. The van der Waals surface area contributed by atoms with Gasteiger partial charge in [-0.1, -0.05) is 84.9 Å². The number of halogens is 2. The van der Waals surface area contributed by atoms with Crippen molar-refractivity contribution in [3.05, 3.63) is 103 Å². The van der Waals surface area contributed by atoms with Crippen molar-refractivity contribution in [3.8, 4) is 0 Å². The summed E-state index contributed by atoms with van der Waals surface area (Å²) in [5.41, 5.74) is 2.12. The Bertz CT molecular complexity index is 1440. The van der Waals surface area contributed by atoms with Gasteiger partial charge >= 0.3 is 38.6 Å². The van der Waals surface area contributed by atoms with Gasteiger partial charge in [0.25, 0.3) is 0 Å². The van der Waals surface area contributed by atoms with Gasteiger partial charge in [-0.3, -0.25) is 0 Å². The minimum Gasteiger partial charge on any atom is -0.345 e. The average molecular weight is 642 g/mol. The molecule has 0 unspecified atom stereocenters. The van der Waals surface area contributed by atoms with Crippen molar-refractivity contribution >= 4 is 70.6 Å². The molecule has 1 N–H and O–H groups in total. The Morgan fingerprint density at radius 1 is 0.562 bits per heavy atom. The van der Waals surface area contributed by atoms with E-state index in [1.807, 2.05) is 24.3 Å². The molecule has 7 aromatic rings. The Balaban J connectivity index is 0.000000150. The van der Waals surface area contributed by atoms with Gasteiger partial charge in [-0.2, -0.15) is 0 Å². The summed E-state index contributed by atoms with van der Waals surface area (Å²) < 4.78 is 0. The Morgan fingerprint density at radius 3 is 1.44 bits per heavy atom.